The highest BCUT2D eigenvalue weighted by Gasteiger charge is 2.26. The monoisotopic (exact) mass is 338 g/mol. The summed E-state index contributed by atoms with van der Waals surface area (Å²) in [5.41, 5.74) is 2.87. The van der Waals surface area contributed by atoms with Crippen molar-refractivity contribution in [2.75, 3.05) is 0 Å². The van der Waals surface area contributed by atoms with Gasteiger partial charge in [0.25, 0.3) is 0 Å². The summed E-state index contributed by atoms with van der Waals surface area (Å²) in [6.45, 7) is 0.803. The number of hydrogen-bond acceptors (Lipinski definition) is 2. The second-order valence-corrected chi connectivity index (χ2v) is 6.25. The molecule has 0 saturated heterocycles. The second-order valence-electron chi connectivity index (χ2n) is 6.25. The number of aryl methyl sites for hydroxylation is 1. The molecule has 0 fully saturated rings. The SMILES string of the molecule is Fc1cccc(F)c1-c1nc2n(c1-c1ccc3[nH]ncc3c1)CCC2.[HH]. The summed E-state index contributed by atoms with van der Waals surface area (Å²) >= 11 is 0. The predicted octanol–water partition coefficient (Wildman–Crippen LogP) is 4.56. The normalized spacial score (nSPS) is 13.5. The van der Waals surface area contributed by atoms with Crippen molar-refractivity contribution in [1.82, 2.24) is 19.7 Å². The Kier molecular flexibility index (Phi) is 3.00. The molecule has 2 aromatic heterocycles. The Labute approximate surface area is 143 Å². The molecule has 25 heavy (non-hydrogen) atoms. The van der Waals surface area contributed by atoms with Crippen molar-refractivity contribution in [2.24, 2.45) is 0 Å². The van der Waals surface area contributed by atoms with Gasteiger partial charge in [0.2, 0.25) is 0 Å². The minimum Gasteiger partial charge on any atom is -0.327 e. The fourth-order valence-corrected chi connectivity index (χ4v) is 3.61. The van der Waals surface area contributed by atoms with Gasteiger partial charge in [0.15, 0.2) is 0 Å². The number of aromatic nitrogens is 4. The average molecular weight is 338 g/mol. The smallest absolute Gasteiger partial charge is 0.135 e. The lowest BCUT2D eigenvalue weighted by Gasteiger charge is -2.10. The Morgan fingerprint density at radius 2 is 1.96 bits per heavy atom. The van der Waals surface area contributed by atoms with Crippen LogP contribution in [0.1, 0.15) is 13.7 Å². The van der Waals surface area contributed by atoms with Gasteiger partial charge < -0.3 is 4.57 Å². The van der Waals surface area contributed by atoms with Gasteiger partial charge in [-0.3, -0.25) is 5.10 Å². The summed E-state index contributed by atoms with van der Waals surface area (Å²) in [4.78, 5) is 4.59. The van der Waals surface area contributed by atoms with Crippen LogP contribution < -0.4 is 0 Å². The van der Waals surface area contributed by atoms with Gasteiger partial charge in [0, 0.05) is 25.3 Å². The first kappa shape index (κ1) is 14.3. The van der Waals surface area contributed by atoms with Crippen LogP contribution in [-0.4, -0.2) is 19.7 Å². The van der Waals surface area contributed by atoms with E-state index in [4.69, 9.17) is 0 Å². The lowest BCUT2D eigenvalue weighted by molar-refractivity contribution is 0.588. The number of imidazole rings is 1. The molecule has 5 rings (SSSR count). The average Bonchev–Trinajstić information content (AvgIpc) is 3.29. The predicted molar refractivity (Wildman–Crippen MR) is 93.1 cm³/mol. The molecule has 0 spiro atoms. The number of benzene rings is 2. The molecule has 0 radical (unpaired) electrons. The summed E-state index contributed by atoms with van der Waals surface area (Å²) in [6.07, 6.45) is 3.55. The Morgan fingerprint density at radius 1 is 1.12 bits per heavy atom. The van der Waals surface area contributed by atoms with E-state index in [1.807, 2.05) is 18.2 Å². The van der Waals surface area contributed by atoms with Gasteiger partial charge in [-0.25, -0.2) is 13.8 Å². The van der Waals surface area contributed by atoms with Gasteiger partial charge >= 0.3 is 0 Å². The molecule has 4 nitrogen and oxygen atoms in total. The molecule has 126 valence electrons. The molecular weight excluding hydrogens is 322 g/mol. The Bertz CT molecular complexity index is 1100. The third-order valence-electron chi connectivity index (χ3n) is 4.74. The van der Waals surface area contributed by atoms with E-state index >= 15 is 0 Å². The molecule has 0 saturated carbocycles. The topological polar surface area (TPSA) is 46.5 Å². The summed E-state index contributed by atoms with van der Waals surface area (Å²) in [7, 11) is 0. The maximum Gasteiger partial charge on any atom is 0.135 e. The Morgan fingerprint density at radius 3 is 2.80 bits per heavy atom. The van der Waals surface area contributed by atoms with Crippen molar-refractivity contribution in [3.05, 3.63) is 60.1 Å². The summed E-state index contributed by atoms with van der Waals surface area (Å²) in [5.74, 6) is -0.315. The number of nitrogens with one attached hydrogen (secondary N) is 1. The minimum atomic E-state index is -0.595. The number of fused-ring (bicyclic) bond motifs is 2. The first-order valence-corrected chi connectivity index (χ1v) is 8.19. The number of aromatic amines is 1. The number of nitrogens with zero attached hydrogens (tertiary/aromatic N) is 3. The van der Waals surface area contributed by atoms with Gasteiger partial charge in [-0.05, 0) is 30.7 Å². The van der Waals surface area contributed by atoms with Crippen molar-refractivity contribution in [1.29, 1.82) is 0 Å². The van der Waals surface area contributed by atoms with Crippen molar-refractivity contribution >= 4 is 10.9 Å². The van der Waals surface area contributed by atoms with Gasteiger partial charge in [0.05, 0.1) is 23.0 Å². The van der Waals surface area contributed by atoms with Crippen molar-refractivity contribution in [2.45, 2.75) is 19.4 Å². The molecule has 2 aromatic carbocycles. The highest BCUT2D eigenvalue weighted by Crippen LogP contribution is 2.38. The van der Waals surface area contributed by atoms with Crippen molar-refractivity contribution in [3.63, 3.8) is 0 Å². The van der Waals surface area contributed by atoms with Gasteiger partial charge in [-0.2, -0.15) is 5.10 Å². The van der Waals surface area contributed by atoms with Crippen LogP contribution in [0.15, 0.2) is 42.6 Å². The van der Waals surface area contributed by atoms with E-state index in [0.717, 1.165) is 47.4 Å². The number of H-pyrrole nitrogens is 1. The van der Waals surface area contributed by atoms with E-state index in [0.29, 0.717) is 5.69 Å². The van der Waals surface area contributed by atoms with Crippen LogP contribution in [0.2, 0.25) is 0 Å². The van der Waals surface area contributed by atoms with E-state index in [1.54, 1.807) is 6.20 Å². The van der Waals surface area contributed by atoms with Crippen molar-refractivity contribution in [3.8, 4) is 22.5 Å². The van der Waals surface area contributed by atoms with E-state index in [9.17, 15) is 8.78 Å². The lowest BCUT2D eigenvalue weighted by atomic mass is 10.0. The molecule has 4 aromatic rings. The third-order valence-corrected chi connectivity index (χ3v) is 4.74. The zero-order chi connectivity index (χ0) is 17.0. The minimum absolute atomic E-state index is 0. The summed E-state index contributed by atoms with van der Waals surface area (Å²) in [5, 5.41) is 7.90. The second kappa shape index (κ2) is 5.24. The standard InChI is InChI=1S/C19H14F2N4.H2/c20-13-3-1-4-14(21)17(13)18-19(25-8-2-5-16(25)23-18)11-6-7-15-12(9-11)10-22-24-15;/h1,3-4,6-7,9-10H,2,5,8H2,(H,22,24);1H. The summed E-state index contributed by atoms with van der Waals surface area (Å²) < 4.78 is 30.9. The Hall–Kier alpha value is -3.02. The largest absolute Gasteiger partial charge is 0.327 e. The van der Waals surface area contributed by atoms with Crippen LogP contribution in [0.25, 0.3) is 33.4 Å². The third kappa shape index (κ3) is 2.10. The van der Waals surface area contributed by atoms with E-state index in [-0.39, 0.29) is 6.99 Å². The van der Waals surface area contributed by atoms with E-state index in [1.165, 1.54) is 18.2 Å². The van der Waals surface area contributed by atoms with Gasteiger partial charge in [-0.1, -0.05) is 12.1 Å². The van der Waals surface area contributed by atoms with Crippen LogP contribution in [-0.2, 0) is 13.0 Å². The highest BCUT2D eigenvalue weighted by molar-refractivity contribution is 5.87. The van der Waals surface area contributed by atoms with Crippen molar-refractivity contribution < 1.29 is 10.2 Å². The number of hydrogen-bond donors (Lipinski definition) is 1. The maximum atomic E-state index is 14.4. The van der Waals surface area contributed by atoms with Crippen LogP contribution >= 0.6 is 0 Å². The molecule has 1 aliphatic rings. The van der Waals surface area contributed by atoms with E-state index in [2.05, 4.69) is 19.7 Å². The number of halogens is 2. The molecule has 6 heteroatoms. The van der Waals surface area contributed by atoms with E-state index < -0.39 is 11.6 Å². The molecule has 0 bridgehead atoms. The molecule has 0 unspecified atom stereocenters. The molecule has 1 N–H and O–H groups in total. The van der Waals surface area contributed by atoms with Crippen LogP contribution in [0.5, 0.6) is 0 Å². The molecule has 0 atom stereocenters. The molecule has 0 aliphatic carbocycles. The molecular formula is C19H16F2N4. The quantitative estimate of drug-likeness (QED) is 0.582. The molecule has 0 amide bonds. The fourth-order valence-electron chi connectivity index (χ4n) is 3.61. The first-order chi connectivity index (χ1) is 12.2. The Balaban J connectivity index is 0.00000168. The zero-order valence-electron chi connectivity index (χ0n) is 13.3. The van der Waals surface area contributed by atoms with Crippen LogP contribution in [0, 0.1) is 11.6 Å². The number of rotatable bonds is 2. The maximum absolute atomic E-state index is 14.4. The fraction of sp³-hybridized carbons (Fsp3) is 0.158. The first-order valence-electron chi connectivity index (χ1n) is 8.19. The zero-order valence-corrected chi connectivity index (χ0v) is 13.3. The summed E-state index contributed by atoms with van der Waals surface area (Å²) in [6, 6.07) is 9.75. The van der Waals surface area contributed by atoms with Crippen LogP contribution in [0.3, 0.4) is 0 Å². The molecule has 1 aliphatic heterocycles. The van der Waals surface area contributed by atoms with Gasteiger partial charge in [0.1, 0.15) is 23.2 Å². The highest BCUT2D eigenvalue weighted by atomic mass is 19.1. The van der Waals surface area contributed by atoms with Crippen LogP contribution in [0.4, 0.5) is 8.78 Å². The molecule has 3 heterocycles. The lowest BCUT2D eigenvalue weighted by Crippen LogP contribution is -1.98. The van der Waals surface area contributed by atoms with Gasteiger partial charge in [-0.15, -0.1) is 0 Å².